The quantitative estimate of drug-likeness (QED) is 0.932. The smallest absolute Gasteiger partial charge is 0.341 e. The van der Waals surface area contributed by atoms with Crippen LogP contribution in [0.2, 0.25) is 10.0 Å². The van der Waals surface area contributed by atoms with Crippen molar-refractivity contribution in [3.63, 3.8) is 0 Å². The molecule has 1 aromatic carbocycles. The highest BCUT2D eigenvalue weighted by molar-refractivity contribution is 6.36. The van der Waals surface area contributed by atoms with Crippen molar-refractivity contribution in [1.29, 1.82) is 0 Å². The number of aromatic nitrogens is 1. The molecule has 1 aromatic heterocycles. The SMILES string of the molecule is CCn1cc(-c2ccc(Cl)cc2Cl)c(=O)c(C(=O)O)c1C. The Morgan fingerprint density at radius 2 is 1.95 bits per heavy atom. The number of benzene rings is 1. The summed E-state index contributed by atoms with van der Waals surface area (Å²) in [7, 11) is 0. The van der Waals surface area contributed by atoms with Gasteiger partial charge in [-0.1, -0.05) is 29.3 Å². The number of nitrogens with zero attached hydrogens (tertiary/aromatic N) is 1. The lowest BCUT2D eigenvalue weighted by Gasteiger charge is -2.14. The maximum absolute atomic E-state index is 12.5. The first kappa shape index (κ1) is 15.6. The Balaban J connectivity index is 2.84. The van der Waals surface area contributed by atoms with Gasteiger partial charge in [0.1, 0.15) is 5.56 Å². The topological polar surface area (TPSA) is 59.3 Å². The molecule has 1 heterocycles. The average Bonchev–Trinajstić information content (AvgIpc) is 2.40. The third-order valence-electron chi connectivity index (χ3n) is 3.33. The van der Waals surface area contributed by atoms with Gasteiger partial charge in [-0.3, -0.25) is 4.79 Å². The Kier molecular flexibility index (Phi) is 4.40. The molecular weight excluding hydrogens is 313 g/mol. The van der Waals surface area contributed by atoms with E-state index in [1.807, 2.05) is 6.92 Å². The van der Waals surface area contributed by atoms with Crippen molar-refractivity contribution >= 4 is 29.2 Å². The second-order valence-electron chi connectivity index (χ2n) is 4.55. The molecule has 2 aromatic rings. The molecule has 0 bridgehead atoms. The van der Waals surface area contributed by atoms with Crippen LogP contribution in [-0.4, -0.2) is 15.6 Å². The van der Waals surface area contributed by atoms with Gasteiger partial charge in [-0.2, -0.15) is 0 Å². The summed E-state index contributed by atoms with van der Waals surface area (Å²) in [5.74, 6) is -1.24. The van der Waals surface area contributed by atoms with Gasteiger partial charge in [-0.05, 0) is 26.0 Å². The number of halogens is 2. The average molecular weight is 326 g/mol. The van der Waals surface area contributed by atoms with Gasteiger partial charge in [0, 0.05) is 34.6 Å². The van der Waals surface area contributed by atoms with Crippen molar-refractivity contribution in [3.05, 3.63) is 55.9 Å². The Hall–Kier alpha value is -1.78. The van der Waals surface area contributed by atoms with Crippen LogP contribution in [0.5, 0.6) is 0 Å². The van der Waals surface area contributed by atoms with Gasteiger partial charge in [0.25, 0.3) is 0 Å². The van der Waals surface area contributed by atoms with Crippen molar-refractivity contribution in [2.75, 3.05) is 0 Å². The highest BCUT2D eigenvalue weighted by atomic mass is 35.5. The van der Waals surface area contributed by atoms with Gasteiger partial charge in [-0.15, -0.1) is 0 Å². The molecule has 0 aliphatic heterocycles. The monoisotopic (exact) mass is 325 g/mol. The fourth-order valence-corrected chi connectivity index (χ4v) is 2.74. The molecule has 0 saturated carbocycles. The van der Waals surface area contributed by atoms with Gasteiger partial charge >= 0.3 is 5.97 Å². The van der Waals surface area contributed by atoms with E-state index in [2.05, 4.69) is 0 Å². The lowest BCUT2D eigenvalue weighted by molar-refractivity contribution is 0.0693. The minimum Gasteiger partial charge on any atom is -0.477 e. The highest BCUT2D eigenvalue weighted by Gasteiger charge is 2.20. The zero-order valence-electron chi connectivity index (χ0n) is 11.5. The molecule has 6 heteroatoms. The van der Waals surface area contributed by atoms with Crippen LogP contribution in [0.1, 0.15) is 23.0 Å². The van der Waals surface area contributed by atoms with Crippen LogP contribution in [0.15, 0.2) is 29.2 Å². The molecule has 0 spiro atoms. The number of carboxylic acids is 1. The number of carbonyl (C=O) groups is 1. The maximum Gasteiger partial charge on any atom is 0.341 e. The summed E-state index contributed by atoms with van der Waals surface area (Å²) in [4.78, 5) is 23.8. The first-order valence-corrected chi connectivity index (χ1v) is 7.05. The van der Waals surface area contributed by atoms with Gasteiger partial charge in [0.2, 0.25) is 5.43 Å². The van der Waals surface area contributed by atoms with E-state index in [1.165, 1.54) is 6.07 Å². The number of carboxylic acid groups (broad SMARTS) is 1. The summed E-state index contributed by atoms with van der Waals surface area (Å²) in [6.45, 7) is 4.03. The minimum atomic E-state index is -1.24. The number of hydrogen-bond acceptors (Lipinski definition) is 2. The van der Waals surface area contributed by atoms with E-state index in [1.54, 1.807) is 29.8 Å². The second-order valence-corrected chi connectivity index (χ2v) is 5.39. The molecule has 110 valence electrons. The van der Waals surface area contributed by atoms with E-state index in [-0.39, 0.29) is 11.1 Å². The van der Waals surface area contributed by atoms with E-state index >= 15 is 0 Å². The summed E-state index contributed by atoms with van der Waals surface area (Å²) in [6, 6.07) is 4.75. The molecule has 0 atom stereocenters. The van der Waals surface area contributed by atoms with Crippen molar-refractivity contribution < 1.29 is 9.90 Å². The number of aryl methyl sites for hydroxylation is 1. The van der Waals surface area contributed by atoms with Crippen LogP contribution in [0.3, 0.4) is 0 Å². The first-order valence-electron chi connectivity index (χ1n) is 6.29. The minimum absolute atomic E-state index is 0.236. The van der Waals surface area contributed by atoms with Gasteiger partial charge in [-0.25, -0.2) is 4.79 Å². The molecule has 0 fully saturated rings. The largest absolute Gasteiger partial charge is 0.477 e. The molecule has 0 aliphatic carbocycles. The van der Waals surface area contributed by atoms with Crippen molar-refractivity contribution in [2.45, 2.75) is 20.4 Å². The molecule has 0 radical (unpaired) electrons. The number of rotatable bonds is 3. The van der Waals surface area contributed by atoms with Crippen molar-refractivity contribution in [3.8, 4) is 11.1 Å². The number of hydrogen-bond donors (Lipinski definition) is 1. The fourth-order valence-electron chi connectivity index (χ4n) is 2.23. The Labute approximate surface area is 131 Å². The van der Waals surface area contributed by atoms with Crippen molar-refractivity contribution in [2.24, 2.45) is 0 Å². The van der Waals surface area contributed by atoms with Gasteiger partial charge in [0.15, 0.2) is 0 Å². The van der Waals surface area contributed by atoms with Crippen LogP contribution in [-0.2, 0) is 6.54 Å². The third-order valence-corrected chi connectivity index (χ3v) is 3.87. The lowest BCUT2D eigenvalue weighted by atomic mass is 10.0. The Morgan fingerprint density at radius 1 is 1.29 bits per heavy atom. The highest BCUT2D eigenvalue weighted by Crippen LogP contribution is 2.29. The molecule has 0 amide bonds. The summed E-state index contributed by atoms with van der Waals surface area (Å²) >= 11 is 12.0. The fraction of sp³-hybridized carbons (Fsp3) is 0.200. The molecule has 2 rings (SSSR count). The maximum atomic E-state index is 12.5. The van der Waals surface area contributed by atoms with E-state index in [4.69, 9.17) is 23.2 Å². The van der Waals surface area contributed by atoms with Gasteiger partial charge in [0.05, 0.1) is 5.02 Å². The Bertz CT molecular complexity index is 781. The molecule has 0 saturated heterocycles. The van der Waals surface area contributed by atoms with Crippen LogP contribution in [0.25, 0.3) is 11.1 Å². The summed E-state index contributed by atoms with van der Waals surface area (Å²) in [5, 5.41) is 10.0. The Morgan fingerprint density at radius 3 is 2.48 bits per heavy atom. The predicted octanol–water partition coefficient (Wildman–Crippen LogP) is 3.85. The third kappa shape index (κ3) is 2.82. The summed E-state index contributed by atoms with van der Waals surface area (Å²) < 4.78 is 1.71. The first-order chi connectivity index (χ1) is 9.86. The molecule has 1 N–H and O–H groups in total. The molecule has 0 aliphatic rings. The van der Waals surface area contributed by atoms with Crippen molar-refractivity contribution in [1.82, 2.24) is 4.57 Å². The predicted molar refractivity (Wildman–Crippen MR) is 83.5 cm³/mol. The number of aromatic carboxylic acids is 1. The van der Waals surface area contributed by atoms with Gasteiger partial charge < -0.3 is 9.67 Å². The normalized spacial score (nSPS) is 10.7. The molecule has 4 nitrogen and oxygen atoms in total. The van der Waals surface area contributed by atoms with E-state index in [0.29, 0.717) is 27.8 Å². The van der Waals surface area contributed by atoms with Crippen LogP contribution >= 0.6 is 23.2 Å². The second kappa shape index (κ2) is 5.92. The van der Waals surface area contributed by atoms with Crippen LogP contribution in [0.4, 0.5) is 0 Å². The molecule has 0 unspecified atom stereocenters. The summed E-state index contributed by atoms with van der Waals surface area (Å²) in [6.07, 6.45) is 1.62. The zero-order chi connectivity index (χ0) is 15.7. The lowest BCUT2D eigenvalue weighted by Crippen LogP contribution is -2.23. The standard InChI is InChI=1S/C15H13Cl2NO3/c1-3-18-7-11(10-5-4-9(16)6-12(10)17)14(19)13(8(18)2)15(20)21/h4-7H,3H2,1-2H3,(H,20,21). The zero-order valence-corrected chi connectivity index (χ0v) is 13.0. The van der Waals surface area contributed by atoms with E-state index in [9.17, 15) is 14.7 Å². The van der Waals surface area contributed by atoms with E-state index in [0.717, 1.165) is 0 Å². The number of pyridine rings is 1. The summed E-state index contributed by atoms with van der Waals surface area (Å²) in [5.41, 5.74) is 0.357. The van der Waals surface area contributed by atoms with Crippen LogP contribution in [0, 0.1) is 6.92 Å². The van der Waals surface area contributed by atoms with E-state index < -0.39 is 11.4 Å². The molecule has 21 heavy (non-hydrogen) atoms. The molecular formula is C15H13Cl2NO3. The van der Waals surface area contributed by atoms with Crippen LogP contribution < -0.4 is 5.43 Å².